The van der Waals surface area contributed by atoms with Crippen molar-refractivity contribution in [2.75, 3.05) is 4.90 Å². The Kier molecular flexibility index (Phi) is 4.67. The van der Waals surface area contributed by atoms with E-state index in [0.717, 1.165) is 5.56 Å². The fourth-order valence-electron chi connectivity index (χ4n) is 2.84. The van der Waals surface area contributed by atoms with Gasteiger partial charge in [-0.05, 0) is 31.5 Å². The molecule has 0 N–H and O–H groups in total. The summed E-state index contributed by atoms with van der Waals surface area (Å²) in [6, 6.07) is 14.4. The van der Waals surface area contributed by atoms with E-state index in [1.54, 1.807) is 18.2 Å². The molecule has 5 heteroatoms. The van der Waals surface area contributed by atoms with Crippen LogP contribution in [0, 0.1) is 0 Å². The lowest BCUT2D eigenvalue weighted by Crippen LogP contribution is -2.42. The van der Waals surface area contributed by atoms with E-state index in [1.165, 1.54) is 4.90 Å². The van der Waals surface area contributed by atoms with Gasteiger partial charge >= 0.3 is 0 Å². The standard InChI is InChI=1S/C19H18ClFN2O/c1-3-12(2)23-16-10-9-14(20)11-15(16)17(22-18(21)19(23)24)13-7-5-4-6-8-13/h4-12,18H,3H2,1-2H3. The lowest BCUT2D eigenvalue weighted by atomic mass is 9.99. The van der Waals surface area contributed by atoms with E-state index >= 15 is 0 Å². The normalized spacial score (nSPS) is 18.7. The molecule has 1 aliphatic rings. The quantitative estimate of drug-likeness (QED) is 0.748. The molecule has 0 spiro atoms. The van der Waals surface area contributed by atoms with Crippen molar-refractivity contribution < 1.29 is 9.18 Å². The van der Waals surface area contributed by atoms with Crippen LogP contribution in [0.2, 0.25) is 5.02 Å². The summed E-state index contributed by atoms with van der Waals surface area (Å²) in [5.74, 6) is -0.640. The Hall–Kier alpha value is -2.20. The molecule has 124 valence electrons. The first-order valence-corrected chi connectivity index (χ1v) is 8.31. The third-order valence-corrected chi connectivity index (χ3v) is 4.47. The maximum atomic E-state index is 14.6. The number of amides is 1. The molecular weight excluding hydrogens is 327 g/mol. The number of hydrogen-bond acceptors (Lipinski definition) is 2. The number of alkyl halides is 1. The Morgan fingerprint density at radius 3 is 2.62 bits per heavy atom. The summed E-state index contributed by atoms with van der Waals surface area (Å²) in [6.45, 7) is 3.86. The smallest absolute Gasteiger partial charge is 0.284 e. The lowest BCUT2D eigenvalue weighted by molar-refractivity contribution is -0.123. The Bertz CT molecular complexity index is 791. The van der Waals surface area contributed by atoms with Gasteiger partial charge in [0.25, 0.3) is 12.2 Å². The molecule has 0 bridgehead atoms. The van der Waals surface area contributed by atoms with Crippen molar-refractivity contribution >= 4 is 28.9 Å². The number of carbonyl (C=O) groups excluding carboxylic acids is 1. The van der Waals surface area contributed by atoms with Crippen LogP contribution < -0.4 is 4.90 Å². The van der Waals surface area contributed by atoms with E-state index in [-0.39, 0.29) is 6.04 Å². The van der Waals surface area contributed by atoms with Crippen LogP contribution in [0.5, 0.6) is 0 Å². The van der Waals surface area contributed by atoms with Crippen molar-refractivity contribution in [3.05, 3.63) is 64.7 Å². The molecule has 0 saturated carbocycles. The highest BCUT2D eigenvalue weighted by molar-refractivity contribution is 6.32. The van der Waals surface area contributed by atoms with Gasteiger partial charge in [-0.3, -0.25) is 4.79 Å². The van der Waals surface area contributed by atoms with E-state index in [0.29, 0.717) is 28.4 Å². The predicted octanol–water partition coefficient (Wildman–Crippen LogP) is 4.62. The number of carbonyl (C=O) groups is 1. The van der Waals surface area contributed by atoms with E-state index in [9.17, 15) is 9.18 Å². The van der Waals surface area contributed by atoms with Gasteiger partial charge in [-0.25, -0.2) is 9.38 Å². The first-order valence-electron chi connectivity index (χ1n) is 7.93. The zero-order chi connectivity index (χ0) is 17.3. The number of hydrogen-bond donors (Lipinski definition) is 0. The molecule has 0 saturated heterocycles. The van der Waals surface area contributed by atoms with Crippen molar-refractivity contribution in [3.8, 4) is 0 Å². The van der Waals surface area contributed by atoms with Gasteiger partial charge < -0.3 is 4.90 Å². The molecule has 3 nitrogen and oxygen atoms in total. The second-order valence-corrected chi connectivity index (χ2v) is 6.24. The van der Waals surface area contributed by atoms with Crippen LogP contribution >= 0.6 is 11.6 Å². The molecule has 1 heterocycles. The first kappa shape index (κ1) is 16.7. The minimum absolute atomic E-state index is 0.138. The SMILES string of the molecule is CCC(C)N1C(=O)C(F)N=C(c2ccccc2)c2cc(Cl)ccc21. The van der Waals surface area contributed by atoms with Crippen LogP contribution in [-0.2, 0) is 4.79 Å². The van der Waals surface area contributed by atoms with E-state index in [2.05, 4.69) is 4.99 Å². The van der Waals surface area contributed by atoms with Gasteiger partial charge in [-0.15, -0.1) is 0 Å². The van der Waals surface area contributed by atoms with Crippen molar-refractivity contribution in [1.82, 2.24) is 0 Å². The van der Waals surface area contributed by atoms with E-state index in [1.807, 2.05) is 44.2 Å². The van der Waals surface area contributed by atoms with Crippen molar-refractivity contribution in [1.29, 1.82) is 0 Å². The molecule has 0 fully saturated rings. The molecule has 2 aromatic rings. The number of benzene rings is 2. The van der Waals surface area contributed by atoms with Gasteiger partial charge in [0.1, 0.15) is 0 Å². The molecule has 1 amide bonds. The molecule has 2 unspecified atom stereocenters. The first-order chi connectivity index (χ1) is 11.5. The van der Waals surface area contributed by atoms with Crippen molar-refractivity contribution in [3.63, 3.8) is 0 Å². The summed E-state index contributed by atoms with van der Waals surface area (Å²) >= 11 is 6.16. The van der Waals surface area contributed by atoms with Gasteiger partial charge in [0, 0.05) is 22.2 Å². The van der Waals surface area contributed by atoms with Crippen LogP contribution in [0.4, 0.5) is 10.1 Å². The summed E-state index contributed by atoms with van der Waals surface area (Å²) in [6.07, 6.45) is -1.22. The maximum absolute atomic E-state index is 14.6. The summed E-state index contributed by atoms with van der Waals surface area (Å²) in [5, 5.41) is 0.520. The number of nitrogens with zero attached hydrogens (tertiary/aromatic N) is 2. The zero-order valence-electron chi connectivity index (χ0n) is 13.5. The molecule has 24 heavy (non-hydrogen) atoms. The minimum atomic E-state index is -1.93. The molecule has 0 aliphatic carbocycles. The predicted molar refractivity (Wildman–Crippen MR) is 95.7 cm³/mol. The largest absolute Gasteiger partial charge is 0.305 e. The molecule has 1 aliphatic heterocycles. The average Bonchev–Trinajstić information content (AvgIpc) is 2.70. The minimum Gasteiger partial charge on any atom is -0.305 e. The molecule has 0 radical (unpaired) electrons. The topological polar surface area (TPSA) is 32.7 Å². The highest BCUT2D eigenvalue weighted by Crippen LogP contribution is 2.33. The molecular formula is C19H18ClFN2O. The molecule has 2 aromatic carbocycles. The van der Waals surface area contributed by atoms with Gasteiger partial charge in [0.05, 0.1) is 11.4 Å². The second kappa shape index (κ2) is 6.73. The van der Waals surface area contributed by atoms with Crippen molar-refractivity contribution in [2.45, 2.75) is 32.6 Å². The number of aliphatic imine (C=N–C) groups is 1. The number of halogens is 2. The van der Waals surface area contributed by atoms with Gasteiger partial charge in [-0.1, -0.05) is 48.9 Å². The zero-order valence-corrected chi connectivity index (χ0v) is 14.3. The van der Waals surface area contributed by atoms with Crippen molar-refractivity contribution in [2.24, 2.45) is 4.99 Å². The second-order valence-electron chi connectivity index (χ2n) is 5.81. The fourth-order valence-corrected chi connectivity index (χ4v) is 3.01. The van der Waals surface area contributed by atoms with Crippen LogP contribution in [0.15, 0.2) is 53.5 Å². The summed E-state index contributed by atoms with van der Waals surface area (Å²) in [7, 11) is 0. The number of fused-ring (bicyclic) bond motifs is 1. The summed E-state index contributed by atoms with van der Waals surface area (Å²) in [4.78, 5) is 18.2. The molecule has 0 aromatic heterocycles. The fraction of sp³-hybridized carbons (Fsp3) is 0.263. The Morgan fingerprint density at radius 2 is 1.96 bits per heavy atom. The van der Waals surface area contributed by atoms with Crippen LogP contribution in [0.25, 0.3) is 0 Å². The third-order valence-electron chi connectivity index (χ3n) is 4.24. The Balaban J connectivity index is 2.26. The monoisotopic (exact) mass is 344 g/mol. The third kappa shape index (κ3) is 2.94. The Morgan fingerprint density at radius 1 is 1.25 bits per heavy atom. The Labute approximate surface area is 145 Å². The summed E-state index contributed by atoms with van der Waals surface area (Å²) in [5.41, 5.74) is 2.51. The van der Waals surface area contributed by atoms with Gasteiger partial charge in [0.2, 0.25) is 0 Å². The maximum Gasteiger partial charge on any atom is 0.284 e. The van der Waals surface area contributed by atoms with E-state index in [4.69, 9.17) is 11.6 Å². The highest BCUT2D eigenvalue weighted by Gasteiger charge is 2.34. The number of rotatable bonds is 3. The van der Waals surface area contributed by atoms with Crippen LogP contribution in [0.3, 0.4) is 0 Å². The highest BCUT2D eigenvalue weighted by atomic mass is 35.5. The molecule has 2 atom stereocenters. The van der Waals surface area contributed by atoms with Crippen LogP contribution in [-0.4, -0.2) is 24.0 Å². The molecule has 3 rings (SSSR count). The van der Waals surface area contributed by atoms with E-state index < -0.39 is 12.2 Å². The lowest BCUT2D eigenvalue weighted by Gasteiger charge is -2.29. The van der Waals surface area contributed by atoms with Gasteiger partial charge in [-0.2, -0.15) is 0 Å². The van der Waals surface area contributed by atoms with Gasteiger partial charge in [0.15, 0.2) is 0 Å². The summed E-state index contributed by atoms with van der Waals surface area (Å²) < 4.78 is 14.6. The average molecular weight is 345 g/mol. The number of benzodiazepines with no additional fused rings is 1. The number of anilines is 1. The van der Waals surface area contributed by atoms with Crippen LogP contribution in [0.1, 0.15) is 31.4 Å².